The summed E-state index contributed by atoms with van der Waals surface area (Å²) in [5.74, 6) is -1.55. The lowest BCUT2D eigenvalue weighted by atomic mass is 10.1. The van der Waals surface area contributed by atoms with Crippen LogP contribution in [0.2, 0.25) is 0 Å². The van der Waals surface area contributed by atoms with Gasteiger partial charge in [0.05, 0.1) is 7.11 Å². The Kier molecular flexibility index (Phi) is 6.54. The van der Waals surface area contributed by atoms with Crippen LogP contribution in [0.3, 0.4) is 0 Å². The summed E-state index contributed by atoms with van der Waals surface area (Å²) in [7, 11) is 1.10. The van der Waals surface area contributed by atoms with Crippen LogP contribution in [0.15, 0.2) is 54.6 Å². The number of ether oxygens (including phenoxy) is 3. The molecule has 0 aromatic heterocycles. The third kappa shape index (κ3) is 5.61. The highest BCUT2D eigenvalue weighted by Crippen LogP contribution is 2.26. The maximum Gasteiger partial charge on any atom is 0.419 e. The van der Waals surface area contributed by atoms with E-state index in [0.717, 1.165) is 18.2 Å². The second kappa shape index (κ2) is 8.84. The normalized spacial score (nSPS) is 12.8. The summed E-state index contributed by atoms with van der Waals surface area (Å²) in [6.45, 7) is 1.99. The van der Waals surface area contributed by atoms with Gasteiger partial charge in [0.1, 0.15) is 11.9 Å². The summed E-state index contributed by atoms with van der Waals surface area (Å²) < 4.78 is 15.2. The van der Waals surface area contributed by atoms with Gasteiger partial charge in [-0.2, -0.15) is 0 Å². The molecule has 6 heteroatoms. The van der Waals surface area contributed by atoms with Crippen molar-refractivity contribution in [2.75, 3.05) is 7.11 Å². The van der Waals surface area contributed by atoms with Crippen LogP contribution in [0.25, 0.3) is 0 Å². The maximum absolute atomic E-state index is 11.5. The first-order chi connectivity index (χ1) is 12.0. The molecule has 0 aliphatic rings. The molecule has 25 heavy (non-hydrogen) atoms. The number of aryl methyl sites for hydroxylation is 1. The van der Waals surface area contributed by atoms with Crippen LogP contribution in [-0.2, 0) is 19.1 Å². The molecule has 0 aliphatic carbocycles. The van der Waals surface area contributed by atoms with E-state index in [0.29, 0.717) is 5.75 Å². The third-order valence-corrected chi connectivity index (χ3v) is 3.53. The molecular weight excluding hydrogens is 322 g/mol. The standard InChI is InChI=1S/C19H21NO5/c1-13-8-10-15(11-9-13)24-16(14-6-4-3-5-7-14)12-17(20)25-19(22)18(21)23-2/h3-11,16-17H,12,20H2,1-2H3. The minimum atomic E-state index is -1.13. The van der Waals surface area contributed by atoms with Crippen molar-refractivity contribution in [2.45, 2.75) is 25.7 Å². The van der Waals surface area contributed by atoms with Gasteiger partial charge < -0.3 is 14.2 Å². The zero-order valence-corrected chi connectivity index (χ0v) is 14.2. The zero-order valence-electron chi connectivity index (χ0n) is 14.2. The van der Waals surface area contributed by atoms with E-state index in [1.807, 2.05) is 61.5 Å². The molecule has 2 rings (SSSR count). The smallest absolute Gasteiger partial charge is 0.419 e. The van der Waals surface area contributed by atoms with Gasteiger partial charge in [-0.05, 0) is 24.6 Å². The van der Waals surface area contributed by atoms with Crippen LogP contribution in [0.1, 0.15) is 23.7 Å². The molecule has 2 atom stereocenters. The van der Waals surface area contributed by atoms with Crippen LogP contribution < -0.4 is 10.5 Å². The van der Waals surface area contributed by atoms with Gasteiger partial charge in [-0.15, -0.1) is 0 Å². The fourth-order valence-electron chi connectivity index (χ4n) is 2.23. The molecular formula is C19H21NO5. The highest BCUT2D eigenvalue weighted by Gasteiger charge is 2.24. The van der Waals surface area contributed by atoms with Gasteiger partial charge in [-0.25, -0.2) is 9.59 Å². The summed E-state index contributed by atoms with van der Waals surface area (Å²) in [6.07, 6.45) is -1.27. The molecule has 0 spiro atoms. The van der Waals surface area contributed by atoms with Crippen LogP contribution in [-0.4, -0.2) is 25.3 Å². The first-order valence-corrected chi connectivity index (χ1v) is 7.82. The molecule has 0 fully saturated rings. The van der Waals surface area contributed by atoms with Crippen LogP contribution in [0.5, 0.6) is 5.75 Å². The zero-order chi connectivity index (χ0) is 18.2. The second-order valence-electron chi connectivity index (χ2n) is 5.50. The van der Waals surface area contributed by atoms with E-state index in [-0.39, 0.29) is 6.42 Å². The summed E-state index contributed by atoms with van der Waals surface area (Å²) in [6, 6.07) is 17.0. The number of benzene rings is 2. The van der Waals surface area contributed by atoms with Gasteiger partial charge >= 0.3 is 11.9 Å². The number of esters is 2. The number of methoxy groups -OCH3 is 1. The molecule has 0 radical (unpaired) electrons. The molecule has 0 heterocycles. The van der Waals surface area contributed by atoms with Crippen molar-refractivity contribution < 1.29 is 23.8 Å². The predicted octanol–water partition coefficient (Wildman–Crippen LogP) is 2.51. The van der Waals surface area contributed by atoms with E-state index < -0.39 is 24.3 Å². The fraction of sp³-hybridized carbons (Fsp3) is 0.263. The Labute approximate surface area is 146 Å². The molecule has 2 N–H and O–H groups in total. The quantitative estimate of drug-likeness (QED) is 0.492. The Bertz CT molecular complexity index is 700. The van der Waals surface area contributed by atoms with Crippen molar-refractivity contribution in [3.63, 3.8) is 0 Å². The molecule has 0 aliphatic heterocycles. The van der Waals surface area contributed by atoms with Crippen molar-refractivity contribution in [3.05, 3.63) is 65.7 Å². The monoisotopic (exact) mass is 343 g/mol. The highest BCUT2D eigenvalue weighted by molar-refractivity contribution is 6.29. The molecule has 132 valence electrons. The molecule has 2 aromatic rings. The average molecular weight is 343 g/mol. The van der Waals surface area contributed by atoms with Crippen LogP contribution in [0, 0.1) is 6.92 Å². The Hall–Kier alpha value is -2.86. The van der Waals surface area contributed by atoms with Crippen molar-refractivity contribution in [1.82, 2.24) is 0 Å². The largest absolute Gasteiger partial charge is 0.486 e. The molecule has 0 saturated carbocycles. The molecule has 2 aromatic carbocycles. The van der Waals surface area contributed by atoms with E-state index >= 15 is 0 Å². The van der Waals surface area contributed by atoms with Crippen LogP contribution in [0.4, 0.5) is 0 Å². The minimum absolute atomic E-state index is 0.181. The number of rotatable bonds is 6. The van der Waals surface area contributed by atoms with E-state index in [4.69, 9.17) is 15.2 Å². The van der Waals surface area contributed by atoms with Gasteiger partial charge in [-0.3, -0.25) is 5.73 Å². The van der Waals surface area contributed by atoms with Crippen LogP contribution >= 0.6 is 0 Å². The van der Waals surface area contributed by atoms with Gasteiger partial charge in [0, 0.05) is 6.42 Å². The summed E-state index contributed by atoms with van der Waals surface area (Å²) in [5.41, 5.74) is 7.85. The SMILES string of the molecule is COC(=O)C(=O)OC(N)CC(Oc1ccc(C)cc1)c1ccccc1. The number of carbonyl (C=O) groups excluding carboxylic acids is 2. The highest BCUT2D eigenvalue weighted by atomic mass is 16.6. The van der Waals surface area contributed by atoms with E-state index in [1.54, 1.807) is 0 Å². The summed E-state index contributed by atoms with van der Waals surface area (Å²) in [5, 5.41) is 0. The maximum atomic E-state index is 11.5. The minimum Gasteiger partial charge on any atom is -0.486 e. The Morgan fingerprint density at radius 2 is 1.64 bits per heavy atom. The third-order valence-electron chi connectivity index (χ3n) is 3.53. The molecule has 6 nitrogen and oxygen atoms in total. The van der Waals surface area contributed by atoms with Gasteiger partial charge in [0.25, 0.3) is 0 Å². The Morgan fingerprint density at radius 1 is 1.00 bits per heavy atom. The number of hydrogen-bond acceptors (Lipinski definition) is 6. The van der Waals surface area contributed by atoms with Crippen molar-refractivity contribution >= 4 is 11.9 Å². The lowest BCUT2D eigenvalue weighted by Gasteiger charge is -2.22. The summed E-state index contributed by atoms with van der Waals surface area (Å²) in [4.78, 5) is 22.6. The second-order valence-corrected chi connectivity index (χ2v) is 5.50. The fourth-order valence-corrected chi connectivity index (χ4v) is 2.23. The Balaban J connectivity index is 2.10. The average Bonchev–Trinajstić information content (AvgIpc) is 2.62. The number of nitrogens with two attached hydrogens (primary N) is 1. The van der Waals surface area contributed by atoms with E-state index in [2.05, 4.69) is 4.74 Å². The van der Waals surface area contributed by atoms with E-state index in [9.17, 15) is 9.59 Å². The molecule has 0 bridgehead atoms. The first-order valence-electron chi connectivity index (χ1n) is 7.82. The first kappa shape index (κ1) is 18.5. The predicted molar refractivity (Wildman–Crippen MR) is 91.7 cm³/mol. The van der Waals surface area contributed by atoms with E-state index in [1.165, 1.54) is 0 Å². The lowest BCUT2D eigenvalue weighted by Crippen LogP contribution is -2.33. The van der Waals surface area contributed by atoms with Gasteiger partial charge in [0.15, 0.2) is 6.23 Å². The van der Waals surface area contributed by atoms with Gasteiger partial charge in [0.2, 0.25) is 0 Å². The number of hydrogen-bond donors (Lipinski definition) is 1. The molecule has 0 amide bonds. The van der Waals surface area contributed by atoms with Crippen molar-refractivity contribution in [2.24, 2.45) is 5.73 Å². The summed E-state index contributed by atoms with van der Waals surface area (Å²) >= 11 is 0. The van der Waals surface area contributed by atoms with Gasteiger partial charge in [-0.1, -0.05) is 48.0 Å². The van der Waals surface area contributed by atoms with Crippen molar-refractivity contribution in [1.29, 1.82) is 0 Å². The Morgan fingerprint density at radius 3 is 2.24 bits per heavy atom. The topological polar surface area (TPSA) is 87.9 Å². The lowest BCUT2D eigenvalue weighted by molar-refractivity contribution is -0.169. The molecule has 2 unspecified atom stereocenters. The molecule has 0 saturated heterocycles. The number of carbonyl (C=O) groups is 2. The van der Waals surface area contributed by atoms with Crippen molar-refractivity contribution in [3.8, 4) is 5.75 Å².